The Labute approximate surface area is 176 Å². The van der Waals surface area contributed by atoms with Gasteiger partial charge < -0.3 is 16.0 Å². The number of rotatable bonds is 6. The first-order chi connectivity index (χ1) is 14.6. The fourth-order valence-corrected chi connectivity index (χ4v) is 3.76. The molecule has 1 fully saturated rings. The number of carbonyl (C=O) groups excluding carboxylic acids is 1. The lowest BCUT2D eigenvalue weighted by molar-refractivity contribution is -0.122. The van der Waals surface area contributed by atoms with Gasteiger partial charge in [-0.3, -0.25) is 9.78 Å². The third-order valence-electron chi connectivity index (χ3n) is 5.36. The molecule has 0 spiro atoms. The van der Waals surface area contributed by atoms with Gasteiger partial charge >= 0.3 is 0 Å². The number of primary amides is 1. The second kappa shape index (κ2) is 8.90. The number of nitrogens with two attached hydrogens (primary N) is 1. The van der Waals surface area contributed by atoms with Crippen molar-refractivity contribution in [2.24, 2.45) is 11.7 Å². The smallest absolute Gasteiger partial charge is 0.222 e. The van der Waals surface area contributed by atoms with Crippen LogP contribution in [0.5, 0.6) is 0 Å². The van der Waals surface area contributed by atoms with E-state index in [4.69, 9.17) is 5.73 Å². The van der Waals surface area contributed by atoms with Crippen LogP contribution >= 0.6 is 0 Å². The van der Waals surface area contributed by atoms with Crippen LogP contribution in [0.15, 0.2) is 54.7 Å². The number of amides is 1. The molecule has 1 unspecified atom stereocenters. The lowest BCUT2D eigenvalue weighted by Gasteiger charge is -2.33. The summed E-state index contributed by atoms with van der Waals surface area (Å²) in [5, 5.41) is 3.38. The summed E-state index contributed by atoms with van der Waals surface area (Å²) in [6.45, 7) is 4.19. The zero-order valence-corrected chi connectivity index (χ0v) is 17.1. The van der Waals surface area contributed by atoms with E-state index in [0.29, 0.717) is 18.9 Å². The normalized spacial score (nSPS) is 16.3. The van der Waals surface area contributed by atoms with Crippen LogP contribution in [0, 0.1) is 12.8 Å². The second-order valence-electron chi connectivity index (χ2n) is 7.61. The van der Waals surface area contributed by atoms with Gasteiger partial charge in [0.2, 0.25) is 5.91 Å². The Bertz CT molecular complexity index is 1010. The highest BCUT2D eigenvalue weighted by molar-refractivity contribution is 5.77. The molecule has 4 rings (SSSR count). The molecule has 2 aromatic heterocycles. The van der Waals surface area contributed by atoms with Crippen molar-refractivity contribution in [1.82, 2.24) is 15.0 Å². The van der Waals surface area contributed by atoms with Crippen molar-refractivity contribution in [3.05, 3.63) is 66.1 Å². The van der Waals surface area contributed by atoms with Crippen LogP contribution in [0.2, 0.25) is 0 Å². The number of piperidine rings is 1. The van der Waals surface area contributed by atoms with E-state index >= 15 is 0 Å². The zero-order chi connectivity index (χ0) is 20.9. The van der Waals surface area contributed by atoms with E-state index in [0.717, 1.165) is 47.8 Å². The first-order valence-corrected chi connectivity index (χ1v) is 10.2. The zero-order valence-electron chi connectivity index (χ0n) is 17.1. The summed E-state index contributed by atoms with van der Waals surface area (Å²) < 4.78 is 0. The maximum atomic E-state index is 11.5. The fraction of sp³-hybridized carbons (Fsp3) is 0.304. The topological polar surface area (TPSA) is 97.0 Å². The minimum Gasteiger partial charge on any atom is -0.371 e. The summed E-state index contributed by atoms with van der Waals surface area (Å²) >= 11 is 0. The van der Waals surface area contributed by atoms with Gasteiger partial charge in [0.1, 0.15) is 11.6 Å². The van der Waals surface area contributed by atoms with Gasteiger partial charge in [0.05, 0.1) is 17.3 Å². The maximum absolute atomic E-state index is 11.5. The highest BCUT2D eigenvalue weighted by Gasteiger charge is 2.24. The summed E-state index contributed by atoms with van der Waals surface area (Å²) in [6.07, 6.45) is 3.63. The van der Waals surface area contributed by atoms with Crippen LogP contribution in [0.3, 0.4) is 0 Å². The highest BCUT2D eigenvalue weighted by atomic mass is 16.1. The second-order valence-corrected chi connectivity index (χ2v) is 7.61. The number of aryl methyl sites for hydroxylation is 1. The van der Waals surface area contributed by atoms with E-state index in [1.807, 2.05) is 31.2 Å². The van der Waals surface area contributed by atoms with E-state index in [2.05, 4.69) is 49.4 Å². The molecule has 1 amide bonds. The van der Waals surface area contributed by atoms with Crippen LogP contribution in [-0.2, 0) is 11.3 Å². The Morgan fingerprint density at radius 2 is 2.00 bits per heavy atom. The number of anilines is 2. The van der Waals surface area contributed by atoms with Gasteiger partial charge in [-0.05, 0) is 49.6 Å². The summed E-state index contributed by atoms with van der Waals surface area (Å²) in [4.78, 5) is 27.1. The van der Waals surface area contributed by atoms with E-state index in [9.17, 15) is 4.79 Å². The van der Waals surface area contributed by atoms with Gasteiger partial charge in [-0.15, -0.1) is 0 Å². The van der Waals surface area contributed by atoms with Crippen LogP contribution in [0.4, 0.5) is 11.5 Å². The van der Waals surface area contributed by atoms with Gasteiger partial charge in [-0.25, -0.2) is 9.97 Å². The SMILES string of the molecule is Cc1nc(NCc2ccc(N3CCCC(C(N)=O)C3)cc2)cc(-c2ccccn2)n1. The van der Waals surface area contributed by atoms with Crippen LogP contribution in [-0.4, -0.2) is 33.9 Å². The maximum Gasteiger partial charge on any atom is 0.222 e. The number of hydrogen-bond acceptors (Lipinski definition) is 6. The predicted molar refractivity (Wildman–Crippen MR) is 118 cm³/mol. The molecule has 1 atom stereocenters. The Morgan fingerprint density at radius 3 is 2.73 bits per heavy atom. The molecule has 1 aromatic carbocycles. The largest absolute Gasteiger partial charge is 0.371 e. The molecular weight excluding hydrogens is 376 g/mol. The summed E-state index contributed by atoms with van der Waals surface area (Å²) in [7, 11) is 0. The van der Waals surface area contributed by atoms with Crippen LogP contribution in [0.1, 0.15) is 24.2 Å². The van der Waals surface area contributed by atoms with Gasteiger partial charge in [-0.1, -0.05) is 18.2 Å². The van der Waals surface area contributed by atoms with E-state index in [1.165, 1.54) is 0 Å². The van der Waals surface area contributed by atoms with Crippen molar-refractivity contribution in [1.29, 1.82) is 0 Å². The Morgan fingerprint density at radius 1 is 1.17 bits per heavy atom. The van der Waals surface area contributed by atoms with Gasteiger partial charge in [0, 0.05) is 37.6 Å². The third-order valence-corrected chi connectivity index (χ3v) is 5.36. The third kappa shape index (κ3) is 4.74. The van der Waals surface area contributed by atoms with Crippen molar-refractivity contribution >= 4 is 17.4 Å². The van der Waals surface area contributed by atoms with Gasteiger partial charge in [0.15, 0.2) is 0 Å². The average Bonchev–Trinajstić information content (AvgIpc) is 2.78. The molecule has 0 radical (unpaired) electrons. The minimum absolute atomic E-state index is 0.0607. The number of hydrogen-bond donors (Lipinski definition) is 2. The Balaban J connectivity index is 1.41. The lowest BCUT2D eigenvalue weighted by Crippen LogP contribution is -2.41. The summed E-state index contributed by atoms with van der Waals surface area (Å²) in [5.74, 6) is 1.21. The molecule has 3 heterocycles. The van der Waals surface area contributed by atoms with Crippen molar-refractivity contribution in [3.63, 3.8) is 0 Å². The highest BCUT2D eigenvalue weighted by Crippen LogP contribution is 2.24. The molecule has 1 aliphatic heterocycles. The predicted octanol–water partition coefficient (Wildman–Crippen LogP) is 3.16. The first-order valence-electron chi connectivity index (χ1n) is 10.2. The number of nitrogens with one attached hydrogen (secondary N) is 1. The monoisotopic (exact) mass is 402 g/mol. The molecule has 1 saturated heterocycles. The van der Waals surface area contributed by atoms with Crippen molar-refractivity contribution < 1.29 is 4.79 Å². The fourth-order valence-electron chi connectivity index (χ4n) is 3.76. The lowest BCUT2D eigenvalue weighted by atomic mass is 9.97. The van der Waals surface area contributed by atoms with Crippen LogP contribution in [0.25, 0.3) is 11.4 Å². The number of aromatic nitrogens is 3. The standard InChI is InChI=1S/C23H26N6O/c1-16-27-21(20-6-2-3-11-25-20)13-22(28-16)26-14-17-7-9-19(10-8-17)29-12-4-5-18(15-29)23(24)30/h2-3,6-11,13,18H,4-5,12,14-15H2,1H3,(H2,24,30)(H,26,27,28). The Kier molecular flexibility index (Phi) is 5.88. The molecule has 30 heavy (non-hydrogen) atoms. The minimum atomic E-state index is -0.203. The molecule has 1 aliphatic rings. The molecule has 0 bridgehead atoms. The van der Waals surface area contributed by atoms with E-state index in [-0.39, 0.29) is 11.8 Å². The number of nitrogens with zero attached hydrogens (tertiary/aromatic N) is 4. The van der Waals surface area contributed by atoms with Gasteiger partial charge in [-0.2, -0.15) is 0 Å². The van der Waals surface area contributed by atoms with Crippen molar-refractivity contribution in [2.75, 3.05) is 23.3 Å². The summed E-state index contributed by atoms with van der Waals surface area (Å²) in [6, 6.07) is 16.1. The van der Waals surface area contributed by atoms with Crippen LogP contribution < -0.4 is 16.0 Å². The molecular formula is C23H26N6O. The van der Waals surface area contributed by atoms with Crippen molar-refractivity contribution in [2.45, 2.75) is 26.3 Å². The molecule has 7 heteroatoms. The molecule has 3 N–H and O–H groups in total. The summed E-state index contributed by atoms with van der Waals surface area (Å²) in [5.41, 5.74) is 9.40. The molecule has 154 valence electrons. The number of carbonyl (C=O) groups is 1. The molecule has 7 nitrogen and oxygen atoms in total. The van der Waals surface area contributed by atoms with E-state index in [1.54, 1.807) is 6.20 Å². The quantitative estimate of drug-likeness (QED) is 0.657. The average molecular weight is 403 g/mol. The molecule has 0 saturated carbocycles. The molecule has 3 aromatic rings. The number of pyridine rings is 1. The van der Waals surface area contributed by atoms with Gasteiger partial charge in [0.25, 0.3) is 0 Å². The molecule has 0 aliphatic carbocycles. The van der Waals surface area contributed by atoms with E-state index < -0.39 is 0 Å². The number of benzene rings is 1. The Hall–Kier alpha value is -3.48. The first kappa shape index (κ1) is 19.8. The van der Waals surface area contributed by atoms with Crippen molar-refractivity contribution in [3.8, 4) is 11.4 Å².